The van der Waals surface area contributed by atoms with Crippen LogP contribution in [0.15, 0.2) is 24.3 Å². The first-order valence-corrected chi connectivity index (χ1v) is 6.50. The van der Waals surface area contributed by atoms with Crippen LogP contribution in [0.4, 0.5) is 0 Å². The van der Waals surface area contributed by atoms with Crippen molar-refractivity contribution in [2.45, 2.75) is 19.1 Å². The van der Waals surface area contributed by atoms with Crippen LogP contribution in [-0.4, -0.2) is 49.4 Å². The van der Waals surface area contributed by atoms with Crippen LogP contribution in [0.2, 0.25) is 0 Å². The zero-order chi connectivity index (χ0) is 13.0. The first-order chi connectivity index (χ1) is 8.74. The summed E-state index contributed by atoms with van der Waals surface area (Å²) >= 11 is 0. The molecule has 1 aliphatic rings. The molecule has 0 saturated carbocycles. The number of para-hydroxylation sites is 1. The average Bonchev–Trinajstić information content (AvgIpc) is 2.40. The Hall–Kier alpha value is -1.10. The highest BCUT2D eigenvalue weighted by molar-refractivity contribution is 5.36. The van der Waals surface area contributed by atoms with E-state index in [0.29, 0.717) is 0 Å². The van der Waals surface area contributed by atoms with Gasteiger partial charge in [0.05, 0.1) is 19.3 Å². The van der Waals surface area contributed by atoms with Crippen molar-refractivity contribution >= 4 is 0 Å². The third-order valence-corrected chi connectivity index (χ3v) is 3.46. The summed E-state index contributed by atoms with van der Waals surface area (Å²) in [7, 11) is 1.68. The van der Waals surface area contributed by atoms with E-state index in [9.17, 15) is 5.11 Å². The zero-order valence-electron chi connectivity index (χ0n) is 11.1. The molecule has 18 heavy (non-hydrogen) atoms. The molecule has 2 unspecified atom stereocenters. The molecule has 1 heterocycles. The van der Waals surface area contributed by atoms with E-state index in [2.05, 4.69) is 10.2 Å². The summed E-state index contributed by atoms with van der Waals surface area (Å²) in [6.07, 6.45) is -0.417. The van der Waals surface area contributed by atoms with Gasteiger partial charge in [0.1, 0.15) is 5.75 Å². The summed E-state index contributed by atoms with van der Waals surface area (Å²) in [5.74, 6) is 0.849. The summed E-state index contributed by atoms with van der Waals surface area (Å²) in [5, 5.41) is 13.5. The highest BCUT2D eigenvalue weighted by atomic mass is 16.5. The number of ether oxygens (including phenoxy) is 1. The topological polar surface area (TPSA) is 44.7 Å². The molecule has 0 radical (unpaired) electrons. The van der Waals surface area contributed by atoms with E-state index >= 15 is 0 Å². The number of hydrogen-bond acceptors (Lipinski definition) is 4. The van der Waals surface area contributed by atoms with Crippen LogP contribution in [0, 0.1) is 0 Å². The number of methoxy groups -OCH3 is 1. The number of aliphatic hydroxyl groups is 1. The SMILES string of the molecule is COc1ccccc1C(C(C)O)N1CCNCC1. The molecule has 0 aliphatic carbocycles. The van der Waals surface area contributed by atoms with E-state index in [0.717, 1.165) is 37.5 Å². The molecule has 4 heteroatoms. The highest BCUT2D eigenvalue weighted by Gasteiger charge is 2.28. The highest BCUT2D eigenvalue weighted by Crippen LogP contribution is 2.31. The van der Waals surface area contributed by atoms with Crippen molar-refractivity contribution < 1.29 is 9.84 Å². The lowest BCUT2D eigenvalue weighted by Crippen LogP contribution is -2.47. The Kier molecular flexibility index (Phi) is 4.58. The van der Waals surface area contributed by atoms with Gasteiger partial charge < -0.3 is 15.2 Å². The van der Waals surface area contributed by atoms with Crippen LogP contribution in [0.3, 0.4) is 0 Å². The number of benzene rings is 1. The Balaban J connectivity index is 2.28. The molecule has 2 N–H and O–H groups in total. The number of piperazine rings is 1. The minimum atomic E-state index is -0.417. The molecule has 0 amide bonds. The van der Waals surface area contributed by atoms with E-state index in [4.69, 9.17) is 4.74 Å². The second-order valence-corrected chi connectivity index (χ2v) is 4.71. The predicted octanol–water partition coefficient (Wildman–Crippen LogP) is 1.02. The molecule has 4 nitrogen and oxygen atoms in total. The first-order valence-electron chi connectivity index (χ1n) is 6.50. The quantitative estimate of drug-likeness (QED) is 0.837. The fraction of sp³-hybridized carbons (Fsp3) is 0.571. The van der Waals surface area contributed by atoms with Crippen LogP contribution in [-0.2, 0) is 0 Å². The van der Waals surface area contributed by atoms with Gasteiger partial charge in [-0.1, -0.05) is 18.2 Å². The summed E-state index contributed by atoms with van der Waals surface area (Å²) < 4.78 is 5.41. The maximum atomic E-state index is 10.1. The summed E-state index contributed by atoms with van der Waals surface area (Å²) in [4.78, 5) is 2.32. The van der Waals surface area contributed by atoms with Crippen molar-refractivity contribution in [3.8, 4) is 5.75 Å². The second-order valence-electron chi connectivity index (χ2n) is 4.71. The van der Waals surface area contributed by atoms with E-state index in [1.807, 2.05) is 31.2 Å². The van der Waals surface area contributed by atoms with E-state index < -0.39 is 6.10 Å². The molecule has 2 atom stereocenters. The minimum Gasteiger partial charge on any atom is -0.496 e. The van der Waals surface area contributed by atoms with Crippen LogP contribution in [0.5, 0.6) is 5.75 Å². The Morgan fingerprint density at radius 2 is 1.94 bits per heavy atom. The Bertz CT molecular complexity index is 376. The molecule has 100 valence electrons. The van der Waals surface area contributed by atoms with Gasteiger partial charge in [0.15, 0.2) is 0 Å². The van der Waals surface area contributed by atoms with Crippen molar-refractivity contribution in [2.75, 3.05) is 33.3 Å². The lowest BCUT2D eigenvalue weighted by atomic mass is 9.99. The fourth-order valence-corrected chi connectivity index (χ4v) is 2.63. The Morgan fingerprint density at radius 1 is 1.28 bits per heavy atom. The van der Waals surface area contributed by atoms with Crippen molar-refractivity contribution in [3.63, 3.8) is 0 Å². The van der Waals surface area contributed by atoms with Crippen molar-refractivity contribution in [3.05, 3.63) is 29.8 Å². The predicted molar refractivity (Wildman–Crippen MR) is 71.9 cm³/mol. The van der Waals surface area contributed by atoms with Crippen molar-refractivity contribution in [2.24, 2.45) is 0 Å². The molecule has 2 rings (SSSR count). The van der Waals surface area contributed by atoms with Gasteiger partial charge in [-0.15, -0.1) is 0 Å². The fourth-order valence-electron chi connectivity index (χ4n) is 2.63. The molecule has 1 fully saturated rings. The molecule has 0 bridgehead atoms. The van der Waals surface area contributed by atoms with Crippen LogP contribution < -0.4 is 10.1 Å². The minimum absolute atomic E-state index is 0.00301. The number of rotatable bonds is 4. The largest absolute Gasteiger partial charge is 0.496 e. The number of nitrogens with one attached hydrogen (secondary N) is 1. The molecule has 0 spiro atoms. The standard InChI is InChI=1S/C14H22N2O2/c1-11(17)14(16-9-7-15-8-10-16)12-5-3-4-6-13(12)18-2/h3-6,11,14-15,17H,7-10H2,1-2H3. The molecule has 1 aliphatic heterocycles. The van der Waals surface area contributed by atoms with E-state index in [-0.39, 0.29) is 6.04 Å². The molecule has 1 saturated heterocycles. The van der Waals surface area contributed by atoms with Gasteiger partial charge in [-0.2, -0.15) is 0 Å². The number of nitrogens with zero attached hydrogens (tertiary/aromatic N) is 1. The Morgan fingerprint density at radius 3 is 2.56 bits per heavy atom. The number of aliphatic hydroxyl groups excluding tert-OH is 1. The molecular formula is C14H22N2O2. The van der Waals surface area contributed by atoms with Gasteiger partial charge in [0, 0.05) is 31.7 Å². The van der Waals surface area contributed by atoms with E-state index in [1.54, 1.807) is 7.11 Å². The van der Waals surface area contributed by atoms with Gasteiger partial charge in [-0.25, -0.2) is 0 Å². The first kappa shape index (κ1) is 13.3. The van der Waals surface area contributed by atoms with Gasteiger partial charge in [0.2, 0.25) is 0 Å². The van der Waals surface area contributed by atoms with Crippen molar-refractivity contribution in [1.29, 1.82) is 0 Å². The maximum Gasteiger partial charge on any atom is 0.123 e. The zero-order valence-corrected chi connectivity index (χ0v) is 11.1. The average molecular weight is 250 g/mol. The lowest BCUT2D eigenvalue weighted by molar-refractivity contribution is 0.0511. The smallest absolute Gasteiger partial charge is 0.123 e. The summed E-state index contributed by atoms with van der Waals surface area (Å²) in [6, 6.07) is 7.95. The van der Waals surface area contributed by atoms with Crippen LogP contribution >= 0.6 is 0 Å². The van der Waals surface area contributed by atoms with Gasteiger partial charge in [-0.05, 0) is 13.0 Å². The molecule has 0 aromatic heterocycles. The second kappa shape index (κ2) is 6.18. The molecular weight excluding hydrogens is 228 g/mol. The van der Waals surface area contributed by atoms with E-state index in [1.165, 1.54) is 0 Å². The monoisotopic (exact) mass is 250 g/mol. The Labute approximate surface area is 109 Å². The number of hydrogen-bond donors (Lipinski definition) is 2. The summed E-state index contributed by atoms with van der Waals surface area (Å²) in [6.45, 7) is 5.69. The third-order valence-electron chi connectivity index (χ3n) is 3.46. The van der Waals surface area contributed by atoms with Gasteiger partial charge >= 0.3 is 0 Å². The molecule has 1 aromatic rings. The van der Waals surface area contributed by atoms with Crippen LogP contribution in [0.1, 0.15) is 18.5 Å². The summed E-state index contributed by atoms with van der Waals surface area (Å²) in [5.41, 5.74) is 1.07. The lowest BCUT2D eigenvalue weighted by Gasteiger charge is -2.37. The van der Waals surface area contributed by atoms with Crippen molar-refractivity contribution in [1.82, 2.24) is 10.2 Å². The van der Waals surface area contributed by atoms with Gasteiger partial charge in [0.25, 0.3) is 0 Å². The normalized spacial score (nSPS) is 20.4. The van der Waals surface area contributed by atoms with Gasteiger partial charge in [-0.3, -0.25) is 4.90 Å². The third kappa shape index (κ3) is 2.83. The maximum absolute atomic E-state index is 10.1. The van der Waals surface area contributed by atoms with Crippen LogP contribution in [0.25, 0.3) is 0 Å². The molecule has 1 aromatic carbocycles.